The molecule has 0 bridgehead atoms. The van der Waals surface area contributed by atoms with Crippen molar-refractivity contribution < 1.29 is 46.6 Å². The first kappa shape index (κ1) is 36.1. The van der Waals surface area contributed by atoms with Crippen molar-refractivity contribution in [1.82, 2.24) is 0 Å². The first-order valence-electron chi connectivity index (χ1n) is 2.00. The van der Waals surface area contributed by atoms with Gasteiger partial charge in [0.15, 0.2) is 0 Å². The monoisotopic (exact) mass is 310 g/mol. The zero-order chi connectivity index (χ0) is 11.7. The maximum atomic E-state index is 8.74. The van der Waals surface area contributed by atoms with Crippen LogP contribution in [0.5, 0.6) is 0 Å². The fourth-order valence-corrected chi connectivity index (χ4v) is 0. The van der Waals surface area contributed by atoms with Crippen LogP contribution in [-0.2, 0) is 14.9 Å². The SMILES string of the molecule is O=C(O)O.O=S(=O)(O)O.O=[Si](O)O.[NaH].[NaH].[NaH]. The maximum absolute atomic E-state index is 8.74. The van der Waals surface area contributed by atoms with Crippen LogP contribution in [0.3, 0.4) is 0 Å². The molecule has 0 aliphatic heterocycles. The Hall–Kier alpha value is 1.76. The van der Waals surface area contributed by atoms with Crippen LogP contribution >= 0.6 is 0 Å². The van der Waals surface area contributed by atoms with Gasteiger partial charge in [-0.05, 0) is 0 Å². The summed E-state index contributed by atoms with van der Waals surface area (Å²) in [6, 6.07) is 0. The molecule has 0 rings (SSSR count). The minimum atomic E-state index is -4.67. The van der Waals surface area contributed by atoms with Gasteiger partial charge in [-0.15, -0.1) is 0 Å². The van der Waals surface area contributed by atoms with E-state index in [2.05, 4.69) is 0 Å². The molecule has 16 heavy (non-hydrogen) atoms. The third-order valence-electron chi connectivity index (χ3n) is 0. The molecule has 6 N–H and O–H groups in total. The molecule has 0 spiro atoms. The number of hydrogen-bond acceptors (Lipinski definition) is 4. The topological polar surface area (TPSA) is 190 Å². The van der Waals surface area contributed by atoms with Gasteiger partial charge in [-0.2, -0.15) is 8.42 Å². The third-order valence-corrected chi connectivity index (χ3v) is 0. The van der Waals surface area contributed by atoms with E-state index in [9.17, 15) is 0 Å². The second-order valence-electron chi connectivity index (χ2n) is 1.01. The summed E-state index contributed by atoms with van der Waals surface area (Å²) in [5, 5.41) is 13.9. The van der Waals surface area contributed by atoms with E-state index in [0.29, 0.717) is 0 Å². The molecule has 0 aromatic heterocycles. The summed E-state index contributed by atoms with van der Waals surface area (Å²) in [5.41, 5.74) is 0. The number of carboxylic acid groups (broad SMARTS) is 2. The Balaban J connectivity index is -0.0000000216. The van der Waals surface area contributed by atoms with E-state index in [1.54, 1.807) is 0 Å². The van der Waals surface area contributed by atoms with Crippen LogP contribution < -0.4 is 0 Å². The number of hydrogen-bond donors (Lipinski definition) is 6. The van der Waals surface area contributed by atoms with Crippen molar-refractivity contribution in [3.8, 4) is 0 Å². The molecule has 0 unspecified atom stereocenters. The van der Waals surface area contributed by atoms with Gasteiger partial charge in [0.05, 0.1) is 0 Å². The van der Waals surface area contributed by atoms with Gasteiger partial charge in [0.1, 0.15) is 0 Å². The van der Waals surface area contributed by atoms with Crippen molar-refractivity contribution in [2.45, 2.75) is 0 Å². The molecular weight excluding hydrogens is 301 g/mol. The van der Waals surface area contributed by atoms with Gasteiger partial charge in [-0.3, -0.25) is 13.6 Å². The Morgan fingerprint density at radius 3 is 0.938 bits per heavy atom. The third kappa shape index (κ3) is 1110. The molecule has 0 atom stereocenters. The average Bonchev–Trinajstić information content (AvgIpc) is 1.50. The van der Waals surface area contributed by atoms with Crippen LogP contribution in [-0.4, -0.2) is 141 Å². The quantitative estimate of drug-likeness (QED) is 0.190. The van der Waals surface area contributed by atoms with Crippen LogP contribution in [0.4, 0.5) is 4.79 Å². The van der Waals surface area contributed by atoms with Crippen LogP contribution in [0.15, 0.2) is 0 Å². The Kier molecular flexibility index (Phi) is 49.6. The average molecular weight is 310 g/mol. The molecule has 15 heteroatoms. The van der Waals surface area contributed by atoms with Crippen molar-refractivity contribution >= 4 is 114 Å². The van der Waals surface area contributed by atoms with Crippen molar-refractivity contribution in [2.75, 3.05) is 0 Å². The Morgan fingerprint density at radius 1 is 0.938 bits per heavy atom. The molecule has 86 valence electrons. The van der Waals surface area contributed by atoms with E-state index in [0.717, 1.165) is 0 Å². The van der Waals surface area contributed by atoms with Gasteiger partial charge < -0.3 is 19.8 Å². The summed E-state index contributed by atoms with van der Waals surface area (Å²) in [6.45, 7) is 0. The minimum absolute atomic E-state index is 0. The molecule has 0 fully saturated rings. The summed E-state index contributed by atoms with van der Waals surface area (Å²) in [6.07, 6.45) is -1.83. The molecule has 10 nitrogen and oxygen atoms in total. The second kappa shape index (κ2) is 22.0. The van der Waals surface area contributed by atoms with E-state index in [4.69, 9.17) is 46.6 Å². The molecule has 0 saturated heterocycles. The second-order valence-corrected chi connectivity index (χ2v) is 2.47. The molecule has 0 aliphatic carbocycles. The Morgan fingerprint density at radius 2 is 0.938 bits per heavy atom. The van der Waals surface area contributed by atoms with Gasteiger partial charge in [-0.25, -0.2) is 4.79 Å². The number of rotatable bonds is 0. The standard InChI is InChI=1S/CH2O3.3Na.H2O4S.H2O3Si.3H/c2-1(3)4;;;;1-5(2,3)4;1-4(2)3;;;/h(H2,2,3,4);;;;(H2,1,2,3,4);1-2H;;;. The van der Waals surface area contributed by atoms with Gasteiger partial charge in [0.25, 0.3) is 0 Å². The van der Waals surface area contributed by atoms with Crippen LogP contribution in [0, 0.1) is 0 Å². The normalized spacial score (nSPS) is 6.62. The summed E-state index contributed by atoms with van der Waals surface area (Å²) in [7, 11) is -7.80. The number of carbonyl (C=O) groups is 1. The molecule has 0 aromatic rings. The van der Waals surface area contributed by atoms with Crippen molar-refractivity contribution in [3.05, 3.63) is 0 Å². The van der Waals surface area contributed by atoms with Crippen molar-refractivity contribution in [3.63, 3.8) is 0 Å². The predicted octanol–water partition coefficient (Wildman–Crippen LogP) is -3.99. The first-order chi connectivity index (χ1) is 5.46. The van der Waals surface area contributed by atoms with E-state index < -0.39 is 25.7 Å². The van der Waals surface area contributed by atoms with E-state index >= 15 is 0 Å². The van der Waals surface area contributed by atoms with Crippen LogP contribution in [0.25, 0.3) is 0 Å². The molecule has 0 saturated carbocycles. The molecular formula is CH9Na3O10SSi. The Bertz CT molecular complexity index is 221. The van der Waals surface area contributed by atoms with Crippen molar-refractivity contribution in [1.29, 1.82) is 0 Å². The zero-order valence-electron chi connectivity index (χ0n) is 5.72. The van der Waals surface area contributed by atoms with Gasteiger partial charge in [-0.1, -0.05) is 0 Å². The van der Waals surface area contributed by atoms with Gasteiger partial charge in [0.2, 0.25) is 0 Å². The fourth-order valence-electron chi connectivity index (χ4n) is 0. The van der Waals surface area contributed by atoms with Crippen LogP contribution in [0.2, 0.25) is 0 Å². The molecule has 0 aromatic carbocycles. The first-order valence-corrected chi connectivity index (χ1v) is 4.70. The van der Waals surface area contributed by atoms with Gasteiger partial charge >= 0.3 is 114 Å². The van der Waals surface area contributed by atoms with E-state index in [1.807, 2.05) is 0 Å². The van der Waals surface area contributed by atoms with E-state index in [-0.39, 0.29) is 88.7 Å². The molecule has 0 heterocycles. The van der Waals surface area contributed by atoms with E-state index in [1.165, 1.54) is 0 Å². The summed E-state index contributed by atoms with van der Waals surface area (Å²) in [4.78, 5) is 22.9. The summed E-state index contributed by atoms with van der Waals surface area (Å²) >= 11 is 0. The molecule has 0 aliphatic rings. The molecule has 0 amide bonds. The summed E-state index contributed by atoms with van der Waals surface area (Å²) in [5.74, 6) is 0. The van der Waals surface area contributed by atoms with Gasteiger partial charge in [0, 0.05) is 0 Å². The van der Waals surface area contributed by atoms with Crippen molar-refractivity contribution in [2.24, 2.45) is 0 Å². The Labute approximate surface area is 158 Å². The fraction of sp³-hybridized carbons (Fsp3) is 0. The van der Waals surface area contributed by atoms with Crippen LogP contribution in [0.1, 0.15) is 0 Å². The molecule has 0 radical (unpaired) electrons. The summed E-state index contributed by atoms with van der Waals surface area (Å²) < 4.78 is 40.3. The predicted molar refractivity (Wildman–Crippen MR) is 57.2 cm³/mol. The zero-order valence-corrected chi connectivity index (χ0v) is 7.54.